The number of likely N-dealkylation sites (tertiary alicyclic amines) is 1. The molecule has 0 spiro atoms. The standard InChI is InChI=1S/C16H21N3O5/c20-14-10-12(18-16(23)17-7-6-15(21)22)11-19(14)8-9-24-13-4-2-1-3-5-13/h1-5,12H,6-11H2,(H,21,22)(H2,17,18,23). The van der Waals surface area contributed by atoms with E-state index in [2.05, 4.69) is 10.6 Å². The second-order valence-corrected chi connectivity index (χ2v) is 5.45. The summed E-state index contributed by atoms with van der Waals surface area (Å²) in [4.78, 5) is 35.6. The number of carbonyl (C=O) groups is 3. The molecule has 0 saturated carbocycles. The highest BCUT2D eigenvalue weighted by Crippen LogP contribution is 2.12. The maximum atomic E-state index is 11.9. The summed E-state index contributed by atoms with van der Waals surface area (Å²) in [7, 11) is 0. The second kappa shape index (κ2) is 8.76. The summed E-state index contributed by atoms with van der Waals surface area (Å²) < 4.78 is 5.56. The normalized spacial score (nSPS) is 16.8. The van der Waals surface area contributed by atoms with E-state index in [0.717, 1.165) is 5.75 Å². The van der Waals surface area contributed by atoms with Gasteiger partial charge in [-0.1, -0.05) is 18.2 Å². The highest BCUT2D eigenvalue weighted by molar-refractivity contribution is 5.81. The van der Waals surface area contributed by atoms with E-state index in [4.69, 9.17) is 9.84 Å². The summed E-state index contributed by atoms with van der Waals surface area (Å²) in [6.45, 7) is 1.31. The molecule has 1 aromatic rings. The van der Waals surface area contributed by atoms with Gasteiger partial charge < -0.3 is 25.4 Å². The van der Waals surface area contributed by atoms with Gasteiger partial charge in [-0.15, -0.1) is 0 Å². The minimum absolute atomic E-state index is 0.0394. The monoisotopic (exact) mass is 335 g/mol. The molecule has 8 heteroatoms. The molecule has 1 atom stereocenters. The second-order valence-electron chi connectivity index (χ2n) is 5.45. The summed E-state index contributed by atoms with van der Waals surface area (Å²) in [5.74, 6) is -0.268. The van der Waals surface area contributed by atoms with Gasteiger partial charge in [0.15, 0.2) is 0 Å². The van der Waals surface area contributed by atoms with Crippen molar-refractivity contribution in [3.05, 3.63) is 30.3 Å². The predicted octanol–water partition coefficient (Wildman–Crippen LogP) is 0.440. The molecule has 1 fully saturated rings. The van der Waals surface area contributed by atoms with Crippen molar-refractivity contribution in [3.63, 3.8) is 0 Å². The first-order valence-corrected chi connectivity index (χ1v) is 7.76. The van der Waals surface area contributed by atoms with Crippen LogP contribution in [0.5, 0.6) is 5.75 Å². The van der Waals surface area contributed by atoms with Gasteiger partial charge in [0.25, 0.3) is 0 Å². The number of carboxylic acid groups (broad SMARTS) is 1. The molecule has 24 heavy (non-hydrogen) atoms. The van der Waals surface area contributed by atoms with Crippen LogP contribution in [0.1, 0.15) is 12.8 Å². The number of aliphatic carboxylic acids is 1. The van der Waals surface area contributed by atoms with Crippen LogP contribution in [0.25, 0.3) is 0 Å². The van der Waals surface area contributed by atoms with Crippen LogP contribution in [0.4, 0.5) is 4.79 Å². The molecule has 1 saturated heterocycles. The zero-order valence-corrected chi connectivity index (χ0v) is 13.2. The molecule has 1 aliphatic rings. The molecule has 3 N–H and O–H groups in total. The zero-order chi connectivity index (χ0) is 17.4. The molecular weight excluding hydrogens is 314 g/mol. The Balaban J connectivity index is 1.67. The SMILES string of the molecule is O=C(O)CCNC(=O)NC1CC(=O)N(CCOc2ccccc2)C1. The number of hydrogen-bond acceptors (Lipinski definition) is 4. The maximum absolute atomic E-state index is 11.9. The van der Waals surface area contributed by atoms with Crippen molar-refractivity contribution in [2.75, 3.05) is 26.2 Å². The van der Waals surface area contributed by atoms with Crippen molar-refractivity contribution >= 4 is 17.9 Å². The van der Waals surface area contributed by atoms with Gasteiger partial charge in [-0.3, -0.25) is 9.59 Å². The summed E-state index contributed by atoms with van der Waals surface area (Å²) in [5.41, 5.74) is 0. The van der Waals surface area contributed by atoms with Crippen LogP contribution in [0.3, 0.4) is 0 Å². The Kier molecular flexibility index (Phi) is 6.41. The van der Waals surface area contributed by atoms with Gasteiger partial charge in [0, 0.05) is 19.5 Å². The molecular formula is C16H21N3O5. The molecule has 1 aromatic carbocycles. The van der Waals surface area contributed by atoms with Crippen molar-refractivity contribution < 1.29 is 24.2 Å². The number of rotatable bonds is 8. The van der Waals surface area contributed by atoms with Crippen LogP contribution in [0.2, 0.25) is 0 Å². The number of ether oxygens (including phenoxy) is 1. The number of amides is 3. The number of nitrogens with zero attached hydrogens (tertiary/aromatic N) is 1. The number of para-hydroxylation sites is 1. The van der Waals surface area contributed by atoms with Gasteiger partial charge in [0.05, 0.1) is 19.0 Å². The van der Waals surface area contributed by atoms with Crippen molar-refractivity contribution in [2.45, 2.75) is 18.9 Å². The quantitative estimate of drug-likeness (QED) is 0.639. The molecule has 1 unspecified atom stereocenters. The van der Waals surface area contributed by atoms with Gasteiger partial charge in [-0.05, 0) is 12.1 Å². The van der Waals surface area contributed by atoms with Crippen LogP contribution in [-0.2, 0) is 9.59 Å². The molecule has 8 nitrogen and oxygen atoms in total. The summed E-state index contributed by atoms with van der Waals surface area (Å²) in [6.07, 6.45) is 0.0949. The first-order valence-electron chi connectivity index (χ1n) is 7.76. The van der Waals surface area contributed by atoms with E-state index in [0.29, 0.717) is 19.7 Å². The number of urea groups is 1. The Morgan fingerprint density at radius 3 is 2.75 bits per heavy atom. The number of nitrogens with one attached hydrogen (secondary N) is 2. The topological polar surface area (TPSA) is 108 Å². The van der Waals surface area contributed by atoms with Gasteiger partial charge >= 0.3 is 12.0 Å². The first-order chi connectivity index (χ1) is 11.5. The lowest BCUT2D eigenvalue weighted by Crippen LogP contribution is -2.44. The van der Waals surface area contributed by atoms with Crippen molar-refractivity contribution in [1.29, 1.82) is 0 Å². The Morgan fingerprint density at radius 2 is 2.04 bits per heavy atom. The average Bonchev–Trinajstić information content (AvgIpc) is 2.87. The van der Waals surface area contributed by atoms with E-state index in [-0.39, 0.29) is 31.3 Å². The van der Waals surface area contributed by atoms with Crippen LogP contribution < -0.4 is 15.4 Å². The fourth-order valence-electron chi connectivity index (χ4n) is 2.39. The van der Waals surface area contributed by atoms with Gasteiger partial charge in [-0.25, -0.2) is 4.79 Å². The fourth-order valence-corrected chi connectivity index (χ4v) is 2.39. The fraction of sp³-hybridized carbons (Fsp3) is 0.438. The molecule has 0 aliphatic carbocycles. The molecule has 0 bridgehead atoms. The average molecular weight is 335 g/mol. The third-order valence-corrected chi connectivity index (χ3v) is 3.55. The van der Waals surface area contributed by atoms with Gasteiger partial charge in [-0.2, -0.15) is 0 Å². The molecule has 2 rings (SSSR count). The lowest BCUT2D eigenvalue weighted by molar-refractivity contribution is -0.136. The molecule has 0 radical (unpaired) electrons. The van der Waals surface area contributed by atoms with Crippen LogP contribution in [0, 0.1) is 0 Å². The lowest BCUT2D eigenvalue weighted by atomic mass is 10.2. The number of carboxylic acids is 1. The predicted molar refractivity (Wildman–Crippen MR) is 85.7 cm³/mol. The van der Waals surface area contributed by atoms with E-state index in [9.17, 15) is 14.4 Å². The minimum atomic E-state index is -0.976. The van der Waals surface area contributed by atoms with Crippen molar-refractivity contribution in [1.82, 2.24) is 15.5 Å². The minimum Gasteiger partial charge on any atom is -0.492 e. The van der Waals surface area contributed by atoms with Crippen LogP contribution in [-0.4, -0.2) is 60.2 Å². The lowest BCUT2D eigenvalue weighted by Gasteiger charge is -2.17. The Labute approximate surface area is 139 Å². The van der Waals surface area contributed by atoms with Gasteiger partial charge in [0.2, 0.25) is 5.91 Å². The van der Waals surface area contributed by atoms with E-state index >= 15 is 0 Å². The largest absolute Gasteiger partial charge is 0.492 e. The summed E-state index contributed by atoms with van der Waals surface area (Å²) >= 11 is 0. The number of benzene rings is 1. The Bertz CT molecular complexity index is 578. The summed E-state index contributed by atoms with van der Waals surface area (Å²) in [6, 6.07) is 8.60. The zero-order valence-electron chi connectivity index (χ0n) is 13.2. The first kappa shape index (κ1) is 17.6. The van der Waals surface area contributed by atoms with E-state index in [1.165, 1.54) is 0 Å². The highest BCUT2D eigenvalue weighted by atomic mass is 16.5. The third kappa shape index (κ3) is 5.79. The molecule has 1 heterocycles. The van der Waals surface area contributed by atoms with E-state index in [1.807, 2.05) is 30.3 Å². The van der Waals surface area contributed by atoms with Crippen LogP contribution >= 0.6 is 0 Å². The number of carbonyl (C=O) groups excluding carboxylic acids is 2. The third-order valence-electron chi connectivity index (χ3n) is 3.55. The van der Waals surface area contributed by atoms with Crippen molar-refractivity contribution in [2.24, 2.45) is 0 Å². The molecule has 1 aliphatic heterocycles. The number of hydrogen-bond donors (Lipinski definition) is 3. The van der Waals surface area contributed by atoms with E-state index < -0.39 is 12.0 Å². The van der Waals surface area contributed by atoms with Crippen molar-refractivity contribution in [3.8, 4) is 5.75 Å². The van der Waals surface area contributed by atoms with Gasteiger partial charge in [0.1, 0.15) is 12.4 Å². The molecule has 3 amide bonds. The maximum Gasteiger partial charge on any atom is 0.315 e. The Morgan fingerprint density at radius 1 is 1.29 bits per heavy atom. The highest BCUT2D eigenvalue weighted by Gasteiger charge is 2.30. The Hall–Kier alpha value is -2.77. The smallest absolute Gasteiger partial charge is 0.315 e. The van der Waals surface area contributed by atoms with E-state index in [1.54, 1.807) is 4.90 Å². The van der Waals surface area contributed by atoms with Crippen LogP contribution in [0.15, 0.2) is 30.3 Å². The molecule has 130 valence electrons. The molecule has 0 aromatic heterocycles. The summed E-state index contributed by atoms with van der Waals surface area (Å²) in [5, 5.41) is 13.6.